The highest BCUT2D eigenvalue weighted by atomic mass is 35.5. The Morgan fingerprint density at radius 1 is 1.50 bits per heavy atom. The highest BCUT2D eigenvalue weighted by molar-refractivity contribution is 6.21. The van der Waals surface area contributed by atoms with Crippen molar-refractivity contribution in [2.45, 2.75) is 31.2 Å². The average Bonchev–Trinajstić information content (AvgIpc) is 1.85. The molecule has 1 fully saturated rings. The molecule has 1 aliphatic carbocycles. The molecule has 0 aromatic rings. The molecular formula is C6H12ClN. The van der Waals surface area contributed by atoms with Crippen molar-refractivity contribution in [2.24, 2.45) is 11.7 Å². The molecule has 1 saturated carbocycles. The van der Waals surface area contributed by atoms with E-state index < -0.39 is 0 Å². The van der Waals surface area contributed by atoms with Gasteiger partial charge >= 0.3 is 0 Å². The quantitative estimate of drug-likeness (QED) is 0.496. The summed E-state index contributed by atoms with van der Waals surface area (Å²) in [6, 6.07) is 0.256. The molecular weight excluding hydrogens is 122 g/mol. The standard InChI is InChI=1S/C6H12ClN/c1-4-2-5(7)6(8)3-4/h4-6H,2-3,8H2,1H3/t4-,5-,6-/m0/s1. The van der Waals surface area contributed by atoms with E-state index in [0.29, 0.717) is 0 Å². The smallest absolute Gasteiger partial charge is 0.0489 e. The summed E-state index contributed by atoms with van der Waals surface area (Å²) in [5, 5.41) is 0.241. The molecule has 2 heteroatoms. The summed E-state index contributed by atoms with van der Waals surface area (Å²) in [7, 11) is 0. The molecule has 8 heavy (non-hydrogen) atoms. The van der Waals surface area contributed by atoms with Gasteiger partial charge in [0.15, 0.2) is 0 Å². The lowest BCUT2D eigenvalue weighted by Crippen LogP contribution is -2.24. The third-order valence-electron chi connectivity index (χ3n) is 1.77. The van der Waals surface area contributed by atoms with Crippen LogP contribution >= 0.6 is 11.6 Å². The summed E-state index contributed by atoms with van der Waals surface area (Å²) < 4.78 is 0. The van der Waals surface area contributed by atoms with E-state index >= 15 is 0 Å². The maximum Gasteiger partial charge on any atom is 0.0489 e. The van der Waals surface area contributed by atoms with Crippen LogP contribution in [0.1, 0.15) is 19.8 Å². The van der Waals surface area contributed by atoms with Gasteiger partial charge in [0.25, 0.3) is 0 Å². The van der Waals surface area contributed by atoms with Crippen molar-refractivity contribution >= 4 is 11.6 Å². The molecule has 0 heterocycles. The second-order valence-electron chi connectivity index (χ2n) is 2.76. The SMILES string of the molecule is C[C@@H]1C[C@H](N)[C@@H](Cl)C1. The topological polar surface area (TPSA) is 26.0 Å². The third kappa shape index (κ3) is 1.15. The Kier molecular flexibility index (Phi) is 1.78. The van der Waals surface area contributed by atoms with E-state index in [4.69, 9.17) is 17.3 Å². The van der Waals surface area contributed by atoms with E-state index in [-0.39, 0.29) is 11.4 Å². The molecule has 0 aromatic carbocycles. The first-order valence-corrected chi connectivity index (χ1v) is 3.53. The van der Waals surface area contributed by atoms with Crippen molar-refractivity contribution in [3.05, 3.63) is 0 Å². The Morgan fingerprint density at radius 3 is 2.25 bits per heavy atom. The van der Waals surface area contributed by atoms with Gasteiger partial charge in [-0.1, -0.05) is 6.92 Å². The highest BCUT2D eigenvalue weighted by Gasteiger charge is 2.26. The van der Waals surface area contributed by atoms with Crippen LogP contribution in [0, 0.1) is 5.92 Å². The van der Waals surface area contributed by atoms with Crippen LogP contribution < -0.4 is 5.73 Å². The Balaban J connectivity index is 2.39. The molecule has 0 radical (unpaired) electrons. The van der Waals surface area contributed by atoms with Gasteiger partial charge in [0.05, 0.1) is 0 Å². The predicted octanol–water partition coefficient (Wildman–Crippen LogP) is 1.35. The van der Waals surface area contributed by atoms with Gasteiger partial charge in [0.2, 0.25) is 0 Å². The summed E-state index contributed by atoms with van der Waals surface area (Å²) in [6.45, 7) is 2.20. The summed E-state index contributed by atoms with van der Waals surface area (Å²) in [4.78, 5) is 0. The van der Waals surface area contributed by atoms with E-state index in [1.165, 1.54) is 0 Å². The Bertz CT molecular complexity index is 74.6. The number of hydrogen-bond donors (Lipinski definition) is 1. The number of nitrogens with two attached hydrogens (primary N) is 1. The van der Waals surface area contributed by atoms with E-state index in [0.717, 1.165) is 18.8 Å². The fourth-order valence-electron chi connectivity index (χ4n) is 1.27. The van der Waals surface area contributed by atoms with Gasteiger partial charge in [-0.05, 0) is 18.8 Å². The molecule has 1 nitrogen and oxygen atoms in total. The van der Waals surface area contributed by atoms with Gasteiger partial charge in [-0.25, -0.2) is 0 Å². The normalized spacial score (nSPS) is 47.6. The molecule has 0 spiro atoms. The van der Waals surface area contributed by atoms with Crippen LogP contribution in [0.3, 0.4) is 0 Å². The second-order valence-corrected chi connectivity index (χ2v) is 3.32. The van der Waals surface area contributed by atoms with Gasteiger partial charge in [0, 0.05) is 11.4 Å². The van der Waals surface area contributed by atoms with E-state index in [2.05, 4.69) is 6.92 Å². The molecule has 0 aromatic heterocycles. The lowest BCUT2D eigenvalue weighted by Gasteiger charge is -2.02. The maximum absolute atomic E-state index is 5.83. The first-order chi connectivity index (χ1) is 3.70. The Labute approximate surface area is 55.2 Å². The van der Waals surface area contributed by atoms with Crippen LogP contribution in [0.25, 0.3) is 0 Å². The molecule has 3 atom stereocenters. The summed E-state index contributed by atoms with van der Waals surface area (Å²) in [5.74, 6) is 0.743. The summed E-state index contributed by atoms with van der Waals surface area (Å²) >= 11 is 5.83. The fourth-order valence-corrected chi connectivity index (χ4v) is 1.67. The van der Waals surface area contributed by atoms with Crippen LogP contribution in [-0.4, -0.2) is 11.4 Å². The number of rotatable bonds is 0. The zero-order valence-electron chi connectivity index (χ0n) is 5.10. The average molecular weight is 134 g/mol. The van der Waals surface area contributed by atoms with Gasteiger partial charge in [-0.15, -0.1) is 11.6 Å². The monoisotopic (exact) mass is 133 g/mol. The summed E-state index contributed by atoms with van der Waals surface area (Å²) in [5.41, 5.74) is 5.64. The first kappa shape index (κ1) is 6.37. The van der Waals surface area contributed by atoms with Crippen molar-refractivity contribution in [3.8, 4) is 0 Å². The molecule has 1 aliphatic rings. The van der Waals surface area contributed by atoms with Gasteiger partial charge in [-0.2, -0.15) is 0 Å². The van der Waals surface area contributed by atoms with Crippen molar-refractivity contribution in [2.75, 3.05) is 0 Å². The number of halogens is 1. The number of hydrogen-bond acceptors (Lipinski definition) is 1. The molecule has 2 N–H and O–H groups in total. The van der Waals surface area contributed by atoms with Crippen molar-refractivity contribution in [1.82, 2.24) is 0 Å². The lowest BCUT2D eigenvalue weighted by atomic mass is 10.1. The van der Waals surface area contributed by atoms with Gasteiger partial charge < -0.3 is 5.73 Å². The molecule has 1 rings (SSSR count). The van der Waals surface area contributed by atoms with E-state index in [1.807, 2.05) is 0 Å². The predicted molar refractivity (Wildman–Crippen MR) is 36.0 cm³/mol. The largest absolute Gasteiger partial charge is 0.326 e. The molecule has 0 aliphatic heterocycles. The maximum atomic E-state index is 5.83. The minimum atomic E-state index is 0.241. The number of alkyl halides is 1. The zero-order valence-corrected chi connectivity index (χ0v) is 5.86. The van der Waals surface area contributed by atoms with Crippen molar-refractivity contribution in [1.29, 1.82) is 0 Å². The molecule has 0 saturated heterocycles. The fraction of sp³-hybridized carbons (Fsp3) is 1.00. The van der Waals surface area contributed by atoms with Crippen molar-refractivity contribution in [3.63, 3.8) is 0 Å². The van der Waals surface area contributed by atoms with Crippen molar-refractivity contribution < 1.29 is 0 Å². The molecule has 0 amide bonds. The zero-order chi connectivity index (χ0) is 6.15. The second kappa shape index (κ2) is 2.24. The van der Waals surface area contributed by atoms with E-state index in [9.17, 15) is 0 Å². The van der Waals surface area contributed by atoms with Crippen LogP contribution in [0.5, 0.6) is 0 Å². The minimum absolute atomic E-state index is 0.241. The molecule has 0 unspecified atom stereocenters. The Hall–Kier alpha value is 0.250. The molecule has 48 valence electrons. The Morgan fingerprint density at radius 2 is 2.12 bits per heavy atom. The highest BCUT2D eigenvalue weighted by Crippen LogP contribution is 2.27. The lowest BCUT2D eigenvalue weighted by molar-refractivity contribution is 0.594. The summed E-state index contributed by atoms with van der Waals surface area (Å²) in [6.07, 6.45) is 2.21. The van der Waals surface area contributed by atoms with Crippen LogP contribution in [0.2, 0.25) is 0 Å². The third-order valence-corrected chi connectivity index (χ3v) is 2.27. The minimum Gasteiger partial charge on any atom is -0.326 e. The van der Waals surface area contributed by atoms with Gasteiger partial charge in [0.1, 0.15) is 0 Å². The van der Waals surface area contributed by atoms with Crippen LogP contribution in [-0.2, 0) is 0 Å². The van der Waals surface area contributed by atoms with Gasteiger partial charge in [-0.3, -0.25) is 0 Å². The molecule has 0 bridgehead atoms. The van der Waals surface area contributed by atoms with Crippen LogP contribution in [0.15, 0.2) is 0 Å². The first-order valence-electron chi connectivity index (χ1n) is 3.10. The van der Waals surface area contributed by atoms with Crippen LogP contribution in [0.4, 0.5) is 0 Å². The van der Waals surface area contributed by atoms with E-state index in [1.54, 1.807) is 0 Å².